The van der Waals surface area contributed by atoms with Crippen molar-refractivity contribution >= 4 is 28.0 Å². The van der Waals surface area contributed by atoms with E-state index in [9.17, 15) is 0 Å². The highest BCUT2D eigenvalue weighted by molar-refractivity contribution is 7.31. The fraction of sp³-hybridized carbons (Fsp3) is 1.00. The van der Waals surface area contributed by atoms with E-state index in [0.29, 0.717) is 4.66 Å². The molecule has 1 unspecified atom stereocenters. The first-order valence-corrected chi connectivity index (χ1v) is 8.57. The minimum absolute atomic E-state index is 0.258. The van der Waals surface area contributed by atoms with Crippen LogP contribution in [0, 0.1) is 0 Å². The van der Waals surface area contributed by atoms with Crippen molar-refractivity contribution in [1.82, 2.24) is 0 Å². The van der Waals surface area contributed by atoms with Gasteiger partial charge in [0.1, 0.15) is 0 Å². The maximum absolute atomic E-state index is 6.27. The lowest BCUT2D eigenvalue weighted by molar-refractivity contribution is 0.874. The first kappa shape index (κ1) is 6.84. The molecule has 0 radical (unpaired) electrons. The Morgan fingerprint density at radius 3 is 2.00 bits per heavy atom. The van der Waals surface area contributed by atoms with E-state index in [1.165, 1.54) is 5.67 Å². The van der Waals surface area contributed by atoms with Gasteiger partial charge in [0.2, 0.25) is 0 Å². The third kappa shape index (κ3) is 0.788. The van der Waals surface area contributed by atoms with Crippen LogP contribution in [0.3, 0.4) is 0 Å². The van der Waals surface area contributed by atoms with Crippen LogP contribution in [0.2, 0.25) is 16.9 Å². The van der Waals surface area contributed by atoms with Gasteiger partial charge in [-0.05, 0) is 4.66 Å². The quantitative estimate of drug-likeness (QED) is 0.378. The maximum atomic E-state index is 6.27. The van der Waals surface area contributed by atoms with Gasteiger partial charge in [-0.3, -0.25) is 0 Å². The van der Waals surface area contributed by atoms with E-state index < -0.39 is 7.38 Å². The summed E-state index contributed by atoms with van der Waals surface area (Å²) in [6, 6.07) is 0. The van der Waals surface area contributed by atoms with E-state index in [4.69, 9.17) is 11.1 Å². The predicted octanol–water partition coefficient (Wildman–Crippen LogP) is 1.68. The number of rotatable bonds is 0. The van der Waals surface area contributed by atoms with Crippen LogP contribution in [0.1, 0.15) is 13.8 Å². The minimum Gasteiger partial charge on any atom is -0.167 e. The van der Waals surface area contributed by atoms with Crippen molar-refractivity contribution in [3.63, 3.8) is 0 Å². The summed E-state index contributed by atoms with van der Waals surface area (Å²) in [5, 5.41) is 0. The number of halogens is 1. The van der Waals surface area contributed by atoms with Gasteiger partial charge in [0.05, 0.1) is 0 Å². The molecule has 1 atom stereocenters. The van der Waals surface area contributed by atoms with Crippen molar-refractivity contribution in [2.75, 3.05) is 0 Å². The second-order valence-corrected chi connectivity index (χ2v) is 14.8. The molecule has 0 saturated carbocycles. The van der Waals surface area contributed by atoms with Crippen LogP contribution < -0.4 is 0 Å². The Bertz CT molecular complexity index is 95.0. The molecule has 0 aromatic rings. The Balaban J connectivity index is 2.63. The van der Waals surface area contributed by atoms with Crippen LogP contribution in [0.25, 0.3) is 0 Å². The van der Waals surface area contributed by atoms with Crippen molar-refractivity contribution in [3.8, 4) is 0 Å². The molecule has 48 valence electrons. The summed E-state index contributed by atoms with van der Waals surface area (Å²) in [5.41, 5.74) is 1.46. The summed E-state index contributed by atoms with van der Waals surface area (Å²) in [6.07, 6.45) is 0. The summed E-state index contributed by atoms with van der Waals surface area (Å²) in [6.45, 7) is 6.99. The van der Waals surface area contributed by atoms with E-state index in [-0.39, 0.29) is 9.52 Å². The van der Waals surface area contributed by atoms with E-state index in [1.54, 1.807) is 0 Å². The van der Waals surface area contributed by atoms with Gasteiger partial charge in [0.15, 0.2) is 7.38 Å². The summed E-state index contributed by atoms with van der Waals surface area (Å²) in [5.74, 6) is 0. The molecule has 0 aromatic heterocycles. The Hall–Kier alpha value is 0.724. The first-order valence-electron chi connectivity index (χ1n) is 3.15. The zero-order chi connectivity index (χ0) is 6.41. The molecule has 0 amide bonds. The van der Waals surface area contributed by atoms with Gasteiger partial charge in [-0.15, -0.1) is 0 Å². The Morgan fingerprint density at radius 1 is 1.62 bits per heavy atom. The van der Waals surface area contributed by atoms with Crippen molar-refractivity contribution in [3.05, 3.63) is 0 Å². The molecule has 3 heteroatoms. The van der Waals surface area contributed by atoms with Crippen LogP contribution in [-0.4, -0.2) is 16.9 Å². The van der Waals surface area contributed by atoms with Gasteiger partial charge < -0.3 is 0 Å². The summed E-state index contributed by atoms with van der Waals surface area (Å²) < 4.78 is 0.661. The Morgan fingerprint density at radius 2 is 2.00 bits per heavy atom. The average molecular weight is 165 g/mol. The third-order valence-corrected chi connectivity index (χ3v) is 18.5. The molecular weight excluding hydrogens is 152 g/mol. The molecule has 0 aromatic carbocycles. The first-order chi connectivity index (χ1) is 3.46. The van der Waals surface area contributed by atoms with Gasteiger partial charge in [0, 0.05) is 9.52 Å². The topological polar surface area (TPSA) is 0 Å². The minimum atomic E-state index is -1.14. The van der Waals surface area contributed by atoms with Crippen LogP contribution in [0.4, 0.5) is 0 Å². The lowest BCUT2D eigenvalue weighted by atomic mass is 10.5. The fourth-order valence-electron chi connectivity index (χ4n) is 0.969. The predicted molar refractivity (Wildman–Crippen MR) is 44.9 cm³/mol. The Kier molecular flexibility index (Phi) is 1.38. The number of hydrogen-bond donors (Lipinski definition) is 0. The molecule has 1 rings (SSSR count). The zero-order valence-electron chi connectivity index (χ0n) is 5.79. The summed E-state index contributed by atoms with van der Waals surface area (Å²) in [4.78, 5) is 0. The molecule has 1 aliphatic heterocycles. The average Bonchev–Trinajstić information content (AvgIpc) is 1.64. The summed E-state index contributed by atoms with van der Waals surface area (Å²) in [7, 11) is -0.886. The molecular formula is C5H13ClSi2. The van der Waals surface area contributed by atoms with Crippen molar-refractivity contribution in [2.24, 2.45) is 0 Å². The summed E-state index contributed by atoms with van der Waals surface area (Å²) >= 11 is 6.27. The number of hydrogen-bond acceptors (Lipinski definition) is 0. The lowest BCUT2D eigenvalue weighted by Gasteiger charge is -2.47. The monoisotopic (exact) mass is 164 g/mol. The highest BCUT2D eigenvalue weighted by atomic mass is 35.6. The molecule has 0 N–H and O–H groups in total. The molecule has 1 fully saturated rings. The van der Waals surface area contributed by atoms with Gasteiger partial charge in [0.25, 0.3) is 0 Å². The molecule has 0 bridgehead atoms. The Labute approximate surface area is 59.2 Å². The van der Waals surface area contributed by atoms with E-state index in [1.807, 2.05) is 0 Å². The molecule has 0 nitrogen and oxygen atoms in total. The fourth-order valence-corrected chi connectivity index (χ4v) is 10.4. The van der Waals surface area contributed by atoms with Crippen LogP contribution in [-0.2, 0) is 0 Å². The SMILES string of the molecule is CC1(C)[SiH2]C[Si]1(C)Cl. The zero-order valence-corrected chi connectivity index (χ0v) is 8.96. The van der Waals surface area contributed by atoms with Crippen molar-refractivity contribution < 1.29 is 0 Å². The largest absolute Gasteiger partial charge is 0.167 e. The third-order valence-electron chi connectivity index (χ3n) is 2.63. The second kappa shape index (κ2) is 1.61. The maximum Gasteiger partial charge on any atom is 0.152 e. The van der Waals surface area contributed by atoms with Crippen LogP contribution >= 0.6 is 11.1 Å². The van der Waals surface area contributed by atoms with E-state index in [0.717, 1.165) is 0 Å². The van der Waals surface area contributed by atoms with Crippen LogP contribution in [0.15, 0.2) is 0 Å². The molecule has 1 aliphatic rings. The standard InChI is InChI=1S/C5H13ClSi2/c1-5(2)7-4-8(5,3)6/h4,7H2,1-3H3. The highest BCUT2D eigenvalue weighted by Gasteiger charge is 2.50. The van der Waals surface area contributed by atoms with Gasteiger partial charge >= 0.3 is 0 Å². The molecule has 1 heterocycles. The van der Waals surface area contributed by atoms with Gasteiger partial charge in [-0.2, -0.15) is 11.1 Å². The smallest absolute Gasteiger partial charge is 0.152 e. The van der Waals surface area contributed by atoms with Crippen molar-refractivity contribution in [2.45, 2.75) is 30.7 Å². The second-order valence-electron chi connectivity index (χ2n) is 3.58. The lowest BCUT2D eigenvalue weighted by Crippen LogP contribution is -2.52. The molecule has 0 aliphatic carbocycles. The molecule has 0 spiro atoms. The normalized spacial score (nSPS) is 46.5. The van der Waals surface area contributed by atoms with Gasteiger partial charge in [-0.1, -0.05) is 26.1 Å². The van der Waals surface area contributed by atoms with Gasteiger partial charge in [-0.25, -0.2) is 0 Å². The molecule has 8 heavy (non-hydrogen) atoms. The van der Waals surface area contributed by atoms with E-state index in [2.05, 4.69) is 20.4 Å². The van der Waals surface area contributed by atoms with Crippen LogP contribution in [0.5, 0.6) is 0 Å². The van der Waals surface area contributed by atoms with Crippen molar-refractivity contribution in [1.29, 1.82) is 0 Å². The highest BCUT2D eigenvalue weighted by Crippen LogP contribution is 2.50. The molecule has 1 saturated heterocycles. The van der Waals surface area contributed by atoms with E-state index >= 15 is 0 Å².